The van der Waals surface area contributed by atoms with E-state index >= 15 is 0 Å². The second-order valence-corrected chi connectivity index (χ2v) is 6.03. The average Bonchev–Trinajstić information content (AvgIpc) is 3.22. The number of aliphatic carboxylic acids is 1. The van der Waals surface area contributed by atoms with Crippen LogP contribution in [-0.2, 0) is 14.4 Å². The van der Waals surface area contributed by atoms with E-state index in [1.165, 1.54) is 0 Å². The molecule has 0 aromatic carbocycles. The molecule has 1 saturated heterocycles. The Bertz CT molecular complexity index is 438. The molecule has 2 atom stereocenters. The molecule has 1 heterocycles. The van der Waals surface area contributed by atoms with Crippen LogP contribution in [-0.4, -0.2) is 84.4 Å². The van der Waals surface area contributed by atoms with Gasteiger partial charge in [-0.15, -0.1) is 0 Å². The first-order valence-corrected chi connectivity index (χ1v) is 7.34. The van der Waals surface area contributed by atoms with Crippen molar-refractivity contribution in [3.63, 3.8) is 0 Å². The van der Waals surface area contributed by atoms with Gasteiger partial charge in [-0.05, 0) is 12.8 Å². The van der Waals surface area contributed by atoms with Crippen molar-refractivity contribution in [2.24, 2.45) is 11.8 Å². The number of amides is 2. The Labute approximate surface area is 124 Å². The number of carboxylic acids is 1. The van der Waals surface area contributed by atoms with Crippen LogP contribution in [0.1, 0.15) is 12.8 Å². The maximum atomic E-state index is 12.2. The van der Waals surface area contributed by atoms with Crippen LogP contribution in [0.4, 0.5) is 0 Å². The summed E-state index contributed by atoms with van der Waals surface area (Å²) in [4.78, 5) is 40.2. The normalized spacial score (nSPS) is 26.1. The molecular weight excluding hydrogens is 274 g/mol. The Balaban J connectivity index is 1.82. The van der Waals surface area contributed by atoms with Crippen molar-refractivity contribution < 1.29 is 19.5 Å². The van der Waals surface area contributed by atoms with Gasteiger partial charge < -0.3 is 14.9 Å². The quantitative estimate of drug-likeness (QED) is 0.744. The largest absolute Gasteiger partial charge is 0.481 e. The van der Waals surface area contributed by atoms with Gasteiger partial charge in [0, 0.05) is 40.3 Å². The number of likely N-dealkylation sites (N-methyl/N-ethyl adjacent to an activating group) is 1. The van der Waals surface area contributed by atoms with E-state index in [2.05, 4.69) is 4.90 Å². The number of hydrogen-bond acceptors (Lipinski definition) is 4. The molecule has 0 spiro atoms. The van der Waals surface area contributed by atoms with Gasteiger partial charge in [0.15, 0.2) is 0 Å². The Morgan fingerprint density at radius 2 is 1.81 bits per heavy atom. The first kappa shape index (κ1) is 15.8. The minimum absolute atomic E-state index is 0.0387. The smallest absolute Gasteiger partial charge is 0.307 e. The molecule has 2 fully saturated rings. The molecule has 2 aliphatic rings. The molecule has 118 valence electrons. The van der Waals surface area contributed by atoms with E-state index in [4.69, 9.17) is 5.11 Å². The second kappa shape index (κ2) is 6.43. The summed E-state index contributed by atoms with van der Waals surface area (Å²) in [7, 11) is 3.46. The SMILES string of the molecule is CN(C)C(=O)CN1CCCN(C(=O)[C@@H]2C[C@@H]2C(=O)O)CC1. The summed E-state index contributed by atoms with van der Waals surface area (Å²) in [6, 6.07) is 0. The van der Waals surface area contributed by atoms with Gasteiger partial charge in [-0.3, -0.25) is 19.3 Å². The lowest BCUT2D eigenvalue weighted by Gasteiger charge is -2.22. The maximum Gasteiger partial charge on any atom is 0.307 e. The third-order valence-corrected chi connectivity index (χ3v) is 4.18. The molecule has 1 N–H and O–H groups in total. The molecule has 0 radical (unpaired) electrons. The lowest BCUT2D eigenvalue weighted by molar-refractivity contribution is -0.142. The van der Waals surface area contributed by atoms with Gasteiger partial charge in [0.25, 0.3) is 0 Å². The summed E-state index contributed by atoms with van der Waals surface area (Å²) in [6.07, 6.45) is 1.28. The van der Waals surface area contributed by atoms with Gasteiger partial charge in [-0.25, -0.2) is 0 Å². The fraction of sp³-hybridized carbons (Fsp3) is 0.786. The maximum absolute atomic E-state index is 12.2. The van der Waals surface area contributed by atoms with E-state index < -0.39 is 11.9 Å². The standard InChI is InChI=1S/C14H23N3O4/c1-15(2)12(18)9-16-4-3-5-17(7-6-16)13(19)10-8-11(10)14(20)21/h10-11H,3-9H2,1-2H3,(H,20,21)/t10-,11+/m1/s1. The van der Waals surface area contributed by atoms with Crippen molar-refractivity contribution in [3.8, 4) is 0 Å². The topological polar surface area (TPSA) is 81.2 Å². The lowest BCUT2D eigenvalue weighted by atomic mass is 10.2. The van der Waals surface area contributed by atoms with Gasteiger partial charge >= 0.3 is 5.97 Å². The van der Waals surface area contributed by atoms with Crippen LogP contribution in [0.3, 0.4) is 0 Å². The fourth-order valence-corrected chi connectivity index (χ4v) is 2.66. The van der Waals surface area contributed by atoms with Crippen LogP contribution in [0.25, 0.3) is 0 Å². The number of hydrogen-bond donors (Lipinski definition) is 1. The number of carboxylic acid groups (broad SMARTS) is 1. The number of carbonyl (C=O) groups is 3. The Kier molecular flexibility index (Phi) is 4.82. The molecule has 1 aliphatic heterocycles. The molecule has 0 aromatic heterocycles. The molecular formula is C14H23N3O4. The molecule has 1 aliphatic carbocycles. The minimum atomic E-state index is -0.874. The lowest BCUT2D eigenvalue weighted by Crippen LogP contribution is -2.40. The predicted octanol–water partition coefficient (Wildman–Crippen LogP) is -0.670. The van der Waals surface area contributed by atoms with Crippen LogP contribution in [0, 0.1) is 11.8 Å². The van der Waals surface area contributed by atoms with Gasteiger partial charge in [0.1, 0.15) is 0 Å². The third kappa shape index (κ3) is 3.93. The van der Waals surface area contributed by atoms with Crippen LogP contribution < -0.4 is 0 Å². The first-order valence-electron chi connectivity index (χ1n) is 7.34. The third-order valence-electron chi connectivity index (χ3n) is 4.18. The molecule has 7 heteroatoms. The van der Waals surface area contributed by atoms with Crippen molar-refractivity contribution in [1.82, 2.24) is 14.7 Å². The van der Waals surface area contributed by atoms with Crippen molar-refractivity contribution in [2.75, 3.05) is 46.8 Å². The van der Waals surface area contributed by atoms with E-state index in [9.17, 15) is 14.4 Å². The van der Waals surface area contributed by atoms with E-state index in [1.807, 2.05) is 0 Å². The Hall–Kier alpha value is -1.63. The van der Waals surface area contributed by atoms with E-state index in [-0.39, 0.29) is 17.7 Å². The highest BCUT2D eigenvalue weighted by Crippen LogP contribution is 2.40. The van der Waals surface area contributed by atoms with Crippen LogP contribution >= 0.6 is 0 Å². The van der Waals surface area contributed by atoms with Crippen molar-refractivity contribution in [2.45, 2.75) is 12.8 Å². The molecule has 2 rings (SSSR count). The second-order valence-electron chi connectivity index (χ2n) is 6.03. The summed E-state index contributed by atoms with van der Waals surface area (Å²) in [5, 5.41) is 8.90. The van der Waals surface area contributed by atoms with E-state index in [0.29, 0.717) is 32.6 Å². The molecule has 1 saturated carbocycles. The van der Waals surface area contributed by atoms with E-state index in [0.717, 1.165) is 13.0 Å². The molecule has 7 nitrogen and oxygen atoms in total. The summed E-state index contributed by atoms with van der Waals surface area (Å²) in [5.74, 6) is -1.68. The molecule has 21 heavy (non-hydrogen) atoms. The first-order chi connectivity index (χ1) is 9.90. The highest BCUT2D eigenvalue weighted by molar-refractivity contribution is 5.89. The zero-order valence-corrected chi connectivity index (χ0v) is 12.6. The zero-order valence-electron chi connectivity index (χ0n) is 12.6. The molecule has 0 aromatic rings. The monoisotopic (exact) mass is 297 g/mol. The van der Waals surface area contributed by atoms with Crippen molar-refractivity contribution in [3.05, 3.63) is 0 Å². The number of nitrogens with zero attached hydrogens (tertiary/aromatic N) is 3. The highest BCUT2D eigenvalue weighted by Gasteiger charge is 2.49. The number of rotatable bonds is 4. The molecule has 0 unspecified atom stereocenters. The van der Waals surface area contributed by atoms with Gasteiger partial charge in [0.2, 0.25) is 11.8 Å². The highest BCUT2D eigenvalue weighted by atomic mass is 16.4. The summed E-state index contributed by atoms with van der Waals surface area (Å²) in [5.41, 5.74) is 0. The van der Waals surface area contributed by atoms with Crippen molar-refractivity contribution >= 4 is 17.8 Å². The minimum Gasteiger partial charge on any atom is -0.481 e. The predicted molar refractivity (Wildman–Crippen MR) is 75.6 cm³/mol. The average molecular weight is 297 g/mol. The van der Waals surface area contributed by atoms with Crippen LogP contribution in [0.15, 0.2) is 0 Å². The summed E-state index contributed by atoms with van der Waals surface area (Å²) < 4.78 is 0. The van der Waals surface area contributed by atoms with Gasteiger partial charge in [0.05, 0.1) is 18.4 Å². The number of carbonyl (C=O) groups excluding carboxylic acids is 2. The van der Waals surface area contributed by atoms with Crippen molar-refractivity contribution in [1.29, 1.82) is 0 Å². The van der Waals surface area contributed by atoms with Gasteiger partial charge in [-0.2, -0.15) is 0 Å². The van der Waals surface area contributed by atoms with Gasteiger partial charge in [-0.1, -0.05) is 0 Å². The summed E-state index contributed by atoms with van der Waals surface area (Å²) in [6.45, 7) is 3.04. The van der Waals surface area contributed by atoms with Crippen LogP contribution in [0.2, 0.25) is 0 Å². The van der Waals surface area contributed by atoms with Crippen LogP contribution in [0.5, 0.6) is 0 Å². The zero-order chi connectivity index (χ0) is 15.6. The Morgan fingerprint density at radius 3 is 2.38 bits per heavy atom. The fourth-order valence-electron chi connectivity index (χ4n) is 2.66. The Morgan fingerprint density at radius 1 is 1.10 bits per heavy atom. The molecule has 2 amide bonds. The van der Waals surface area contributed by atoms with E-state index in [1.54, 1.807) is 23.9 Å². The molecule has 0 bridgehead atoms. The summed E-state index contributed by atoms with van der Waals surface area (Å²) >= 11 is 0.